The molecule has 0 spiro atoms. The van der Waals surface area contributed by atoms with Gasteiger partial charge in [0.05, 0.1) is 17.8 Å². The Labute approximate surface area is 273 Å². The number of hydrogen-bond acceptors (Lipinski definition) is 7. The first kappa shape index (κ1) is 33.9. The number of fused-ring (bicyclic) bond motifs is 2. The molecule has 2 aliphatic rings. The minimum atomic E-state index is -5.11. The minimum Gasteiger partial charge on any atom is -0.489 e. The first-order chi connectivity index (χ1) is 22.9. The number of aromatic nitrogens is 2. The number of hydrogen-bond donors (Lipinski definition) is 3. The summed E-state index contributed by atoms with van der Waals surface area (Å²) in [7, 11) is 0. The molecule has 6 rings (SSSR count). The summed E-state index contributed by atoms with van der Waals surface area (Å²) in [6, 6.07) is 7.03. The Morgan fingerprint density at radius 1 is 1.14 bits per heavy atom. The Balaban J connectivity index is 1.45. The number of carbonyl (C=O) groups excluding carboxylic acids is 2. The van der Waals surface area contributed by atoms with Crippen LogP contribution in [0.15, 0.2) is 48.7 Å². The van der Waals surface area contributed by atoms with Gasteiger partial charge in [0.15, 0.2) is 11.4 Å². The van der Waals surface area contributed by atoms with Gasteiger partial charge in [-0.25, -0.2) is 13.8 Å². The summed E-state index contributed by atoms with van der Waals surface area (Å²) in [4.78, 5) is 34.4. The number of nitrogens with one attached hydrogen (secondary N) is 1. The number of amides is 2. The molecule has 2 amide bonds. The van der Waals surface area contributed by atoms with Gasteiger partial charge in [-0.1, -0.05) is 0 Å². The maximum atomic E-state index is 16.2. The van der Waals surface area contributed by atoms with Crippen molar-refractivity contribution < 1.29 is 54.9 Å². The van der Waals surface area contributed by atoms with Crippen LogP contribution in [0, 0.1) is 12.7 Å². The van der Waals surface area contributed by atoms with Crippen molar-refractivity contribution in [3.8, 4) is 22.8 Å². The number of alkyl halides is 6. The van der Waals surface area contributed by atoms with E-state index in [-0.39, 0.29) is 58.5 Å². The Bertz CT molecular complexity index is 2020. The third-order valence-electron chi connectivity index (χ3n) is 8.88. The van der Waals surface area contributed by atoms with Crippen LogP contribution in [0.2, 0.25) is 0 Å². The van der Waals surface area contributed by atoms with E-state index in [1.807, 2.05) is 0 Å². The molecule has 1 fully saturated rings. The van der Waals surface area contributed by atoms with E-state index in [9.17, 15) is 41.0 Å². The van der Waals surface area contributed by atoms with Gasteiger partial charge in [-0.05, 0) is 74.7 Å². The van der Waals surface area contributed by atoms with E-state index in [2.05, 4.69) is 20.0 Å². The summed E-state index contributed by atoms with van der Waals surface area (Å²) in [5, 5.41) is 14.7. The largest absolute Gasteiger partial charge is 0.489 e. The van der Waals surface area contributed by atoms with E-state index < -0.39 is 70.7 Å². The second-order valence-corrected chi connectivity index (χ2v) is 12.4. The predicted molar refractivity (Wildman–Crippen MR) is 159 cm³/mol. The number of ether oxygens (including phenoxy) is 2. The van der Waals surface area contributed by atoms with Gasteiger partial charge in [-0.3, -0.25) is 14.6 Å². The Hall–Kier alpha value is -4.99. The molecule has 258 valence electrons. The molecule has 0 bridgehead atoms. The number of benzene rings is 2. The first-order valence-corrected chi connectivity index (χ1v) is 14.8. The topological polar surface area (TPSA) is 137 Å². The van der Waals surface area contributed by atoms with Gasteiger partial charge in [-0.15, -0.1) is 0 Å². The Morgan fingerprint density at radius 2 is 1.86 bits per heavy atom. The molecule has 1 saturated carbocycles. The Kier molecular flexibility index (Phi) is 8.00. The average Bonchev–Trinajstić information content (AvgIpc) is 3.70. The summed E-state index contributed by atoms with van der Waals surface area (Å²) in [6.45, 7) is -1.43. The smallest absolute Gasteiger partial charge is 0.419 e. The van der Waals surface area contributed by atoms with Crippen LogP contribution in [0.3, 0.4) is 0 Å². The van der Waals surface area contributed by atoms with Crippen molar-refractivity contribution in [1.82, 2.24) is 15.3 Å². The molecule has 49 heavy (non-hydrogen) atoms. The summed E-state index contributed by atoms with van der Waals surface area (Å²) in [5.74, 6) is -4.03. The maximum Gasteiger partial charge on any atom is 0.419 e. The molecule has 3 heterocycles. The van der Waals surface area contributed by atoms with Gasteiger partial charge in [0, 0.05) is 28.3 Å². The van der Waals surface area contributed by atoms with E-state index in [0.29, 0.717) is 17.7 Å². The molecule has 2 aromatic carbocycles. The molecule has 2 aromatic heterocycles. The highest BCUT2D eigenvalue weighted by atomic mass is 19.4. The van der Waals surface area contributed by atoms with Gasteiger partial charge < -0.3 is 25.6 Å². The number of halogens is 7. The van der Waals surface area contributed by atoms with Crippen LogP contribution in [-0.4, -0.2) is 52.3 Å². The average molecular weight is 693 g/mol. The van der Waals surface area contributed by atoms with E-state index in [0.717, 1.165) is 18.2 Å². The standard InChI is InChI=1S/C33H27F7N4O5/c1-15-7-17-8-18(10-22(49-29(35)36)24(17)42-12-15)27(45)43-13-32(47,31(37)5-6-31)23-11-20-26(48-14-30(20,2)28(41)46)25(44-23)16-3-4-21(34)19(9-16)33(38,39)40/h3-4,7-12,29,47H,5-6,13-14H2,1-2H3,(H2,41,46)(H,43,45)/t30-,32-/m0/s1. The van der Waals surface area contributed by atoms with E-state index in [1.165, 1.54) is 19.2 Å². The van der Waals surface area contributed by atoms with Gasteiger partial charge in [-0.2, -0.15) is 22.0 Å². The van der Waals surface area contributed by atoms with Crippen molar-refractivity contribution in [2.75, 3.05) is 13.2 Å². The van der Waals surface area contributed by atoms with Crippen LogP contribution >= 0.6 is 0 Å². The number of nitrogens with zero attached hydrogens (tertiary/aromatic N) is 2. The lowest BCUT2D eigenvalue weighted by Crippen LogP contribution is -2.49. The van der Waals surface area contributed by atoms with Crippen molar-refractivity contribution in [3.63, 3.8) is 0 Å². The molecule has 1 aliphatic heterocycles. The van der Waals surface area contributed by atoms with Crippen molar-refractivity contribution in [1.29, 1.82) is 0 Å². The fraction of sp³-hybridized carbons (Fsp3) is 0.333. The van der Waals surface area contributed by atoms with Crippen LogP contribution in [0.5, 0.6) is 11.5 Å². The van der Waals surface area contributed by atoms with Crippen molar-refractivity contribution in [2.45, 2.75) is 56.2 Å². The highest BCUT2D eigenvalue weighted by Crippen LogP contribution is 2.55. The fourth-order valence-corrected chi connectivity index (χ4v) is 5.84. The van der Waals surface area contributed by atoms with Crippen LogP contribution in [0.1, 0.15) is 52.5 Å². The summed E-state index contributed by atoms with van der Waals surface area (Å²) in [5.41, 5.74) is -3.39. The molecule has 9 nitrogen and oxygen atoms in total. The molecule has 0 radical (unpaired) electrons. The molecule has 0 saturated heterocycles. The second kappa shape index (κ2) is 11.6. The zero-order chi connectivity index (χ0) is 35.7. The molecule has 4 N–H and O–H groups in total. The second-order valence-electron chi connectivity index (χ2n) is 12.4. The van der Waals surface area contributed by atoms with Crippen molar-refractivity contribution in [3.05, 3.63) is 82.4 Å². The number of nitrogens with two attached hydrogens (primary N) is 1. The summed E-state index contributed by atoms with van der Waals surface area (Å²) in [6.07, 6.45) is -4.11. The van der Waals surface area contributed by atoms with Crippen LogP contribution < -0.4 is 20.5 Å². The molecular formula is C33H27F7N4O5. The zero-order valence-electron chi connectivity index (χ0n) is 25.7. The van der Waals surface area contributed by atoms with E-state index in [4.69, 9.17) is 10.5 Å². The fourth-order valence-electron chi connectivity index (χ4n) is 5.84. The highest BCUT2D eigenvalue weighted by Gasteiger charge is 2.62. The van der Waals surface area contributed by atoms with Crippen molar-refractivity contribution in [2.24, 2.45) is 5.73 Å². The third kappa shape index (κ3) is 5.87. The monoisotopic (exact) mass is 692 g/mol. The van der Waals surface area contributed by atoms with Crippen LogP contribution in [-0.2, 0) is 22.0 Å². The zero-order valence-corrected chi connectivity index (χ0v) is 25.7. The molecule has 1 aliphatic carbocycles. The van der Waals surface area contributed by atoms with Gasteiger partial charge in [0.25, 0.3) is 5.91 Å². The number of primary amides is 1. The number of carbonyl (C=O) groups is 2. The SMILES string of the molecule is Cc1cnc2c(OC(F)F)cc(C(=O)NC[C@](O)(c3cc4c(c(-c5ccc(F)c(C(F)(F)F)c5)n3)OC[C@]4(C)C(N)=O)C3(F)CC3)cc2c1. The van der Waals surface area contributed by atoms with Gasteiger partial charge >= 0.3 is 12.8 Å². The number of pyridine rings is 2. The lowest BCUT2D eigenvalue weighted by atomic mass is 9.80. The van der Waals surface area contributed by atoms with Gasteiger partial charge in [0.1, 0.15) is 40.5 Å². The number of rotatable bonds is 9. The summed E-state index contributed by atoms with van der Waals surface area (Å²) >= 11 is 0. The Morgan fingerprint density at radius 3 is 2.49 bits per heavy atom. The van der Waals surface area contributed by atoms with Crippen LogP contribution in [0.4, 0.5) is 30.7 Å². The first-order valence-electron chi connectivity index (χ1n) is 14.8. The predicted octanol–water partition coefficient (Wildman–Crippen LogP) is 5.62. The lowest BCUT2D eigenvalue weighted by molar-refractivity contribution is -0.140. The maximum absolute atomic E-state index is 16.2. The number of aliphatic hydroxyl groups is 1. The molecule has 4 aromatic rings. The minimum absolute atomic E-state index is 0.0296. The highest BCUT2D eigenvalue weighted by molar-refractivity contribution is 6.00. The van der Waals surface area contributed by atoms with E-state index >= 15 is 4.39 Å². The quantitative estimate of drug-likeness (QED) is 0.194. The van der Waals surface area contributed by atoms with Crippen LogP contribution in [0.25, 0.3) is 22.2 Å². The molecule has 2 atom stereocenters. The van der Waals surface area contributed by atoms with Crippen molar-refractivity contribution >= 4 is 22.7 Å². The normalized spacial score (nSPS) is 19.2. The molecule has 16 heteroatoms. The van der Waals surface area contributed by atoms with Gasteiger partial charge in [0.2, 0.25) is 5.91 Å². The molecule has 0 unspecified atom stereocenters. The number of aryl methyl sites for hydroxylation is 1. The molecular weight excluding hydrogens is 665 g/mol. The lowest BCUT2D eigenvalue weighted by Gasteiger charge is -2.33. The summed E-state index contributed by atoms with van der Waals surface area (Å²) < 4.78 is 108. The third-order valence-corrected chi connectivity index (χ3v) is 8.88. The van der Waals surface area contributed by atoms with E-state index in [1.54, 1.807) is 13.0 Å².